The highest BCUT2D eigenvalue weighted by molar-refractivity contribution is 5.63. The molecule has 184 valence electrons. The van der Waals surface area contributed by atoms with E-state index in [9.17, 15) is 0 Å². The summed E-state index contributed by atoms with van der Waals surface area (Å²) >= 11 is 0. The van der Waals surface area contributed by atoms with Crippen LogP contribution in [0.25, 0.3) is 11.4 Å². The second-order valence-electron chi connectivity index (χ2n) is 9.73. The first-order chi connectivity index (χ1) is 16.8. The van der Waals surface area contributed by atoms with Crippen molar-refractivity contribution in [2.75, 3.05) is 82.3 Å². The maximum Gasteiger partial charge on any atom is 0.161 e. The molecule has 0 bridgehead atoms. The van der Waals surface area contributed by atoms with E-state index in [1.807, 2.05) is 0 Å². The van der Waals surface area contributed by atoms with Gasteiger partial charge in [-0.15, -0.1) is 0 Å². The maximum absolute atomic E-state index is 5.46. The van der Waals surface area contributed by atoms with Gasteiger partial charge in [0.25, 0.3) is 0 Å². The summed E-state index contributed by atoms with van der Waals surface area (Å²) < 4.78 is 5.46. The van der Waals surface area contributed by atoms with E-state index in [1.54, 1.807) is 0 Å². The first-order valence-corrected chi connectivity index (χ1v) is 13.3. The SMILES string of the molecule is CCN1CCN(c2ccc(-c3nc4c(c(NCCCN5CCOCC5)n3)CCCC4)cc2)CC1. The zero-order chi connectivity index (χ0) is 23.2. The Hall–Kier alpha value is -2.22. The number of aryl methyl sites for hydroxylation is 1. The van der Waals surface area contributed by atoms with Crippen molar-refractivity contribution in [1.29, 1.82) is 0 Å². The Morgan fingerprint density at radius 2 is 1.65 bits per heavy atom. The van der Waals surface area contributed by atoms with Gasteiger partial charge in [0.2, 0.25) is 0 Å². The number of piperazine rings is 1. The molecule has 0 saturated carbocycles. The molecule has 1 N–H and O–H groups in total. The van der Waals surface area contributed by atoms with Gasteiger partial charge in [-0.25, -0.2) is 9.97 Å². The number of benzene rings is 1. The molecule has 3 aliphatic rings. The lowest BCUT2D eigenvalue weighted by Gasteiger charge is -2.35. The average Bonchev–Trinajstić information content (AvgIpc) is 2.91. The van der Waals surface area contributed by atoms with Gasteiger partial charge < -0.3 is 19.9 Å². The first kappa shape index (κ1) is 23.5. The molecule has 1 aliphatic carbocycles. The van der Waals surface area contributed by atoms with Crippen LogP contribution in [-0.4, -0.2) is 91.9 Å². The second-order valence-corrected chi connectivity index (χ2v) is 9.73. The number of hydrogen-bond acceptors (Lipinski definition) is 7. The van der Waals surface area contributed by atoms with E-state index in [1.165, 1.54) is 29.8 Å². The predicted molar refractivity (Wildman–Crippen MR) is 139 cm³/mol. The molecular weight excluding hydrogens is 424 g/mol. The van der Waals surface area contributed by atoms with Crippen molar-refractivity contribution in [3.05, 3.63) is 35.5 Å². The van der Waals surface area contributed by atoms with Crippen molar-refractivity contribution in [2.45, 2.75) is 39.0 Å². The van der Waals surface area contributed by atoms with Gasteiger partial charge in [0.15, 0.2) is 5.82 Å². The number of likely N-dealkylation sites (N-methyl/N-ethyl adjacent to an activating group) is 1. The normalized spacial score (nSPS) is 19.7. The van der Waals surface area contributed by atoms with E-state index in [0.717, 1.165) is 109 Å². The smallest absolute Gasteiger partial charge is 0.161 e. The van der Waals surface area contributed by atoms with Gasteiger partial charge in [-0.1, -0.05) is 6.92 Å². The van der Waals surface area contributed by atoms with Crippen LogP contribution in [0.5, 0.6) is 0 Å². The minimum atomic E-state index is 0.860. The summed E-state index contributed by atoms with van der Waals surface area (Å²) in [6.45, 7) is 13.8. The lowest BCUT2D eigenvalue weighted by atomic mass is 9.96. The molecule has 2 aromatic rings. The van der Waals surface area contributed by atoms with Gasteiger partial charge in [-0.05, 0) is 69.5 Å². The summed E-state index contributed by atoms with van der Waals surface area (Å²) in [5.41, 5.74) is 5.00. The van der Waals surface area contributed by atoms with E-state index < -0.39 is 0 Å². The molecule has 2 aliphatic heterocycles. The highest BCUT2D eigenvalue weighted by atomic mass is 16.5. The Kier molecular flexibility index (Phi) is 7.94. The third-order valence-corrected chi connectivity index (χ3v) is 7.54. The highest BCUT2D eigenvalue weighted by Crippen LogP contribution is 2.29. The number of anilines is 2. The van der Waals surface area contributed by atoms with Crippen molar-refractivity contribution >= 4 is 11.5 Å². The van der Waals surface area contributed by atoms with Crippen LogP contribution < -0.4 is 10.2 Å². The molecule has 7 heteroatoms. The van der Waals surface area contributed by atoms with Crippen LogP contribution in [0, 0.1) is 0 Å². The molecule has 1 aromatic heterocycles. The quantitative estimate of drug-likeness (QED) is 0.602. The number of ether oxygens (including phenoxy) is 1. The molecule has 7 nitrogen and oxygen atoms in total. The largest absolute Gasteiger partial charge is 0.379 e. The van der Waals surface area contributed by atoms with E-state index in [4.69, 9.17) is 14.7 Å². The van der Waals surface area contributed by atoms with Crippen LogP contribution >= 0.6 is 0 Å². The summed E-state index contributed by atoms with van der Waals surface area (Å²) in [6, 6.07) is 8.90. The lowest BCUT2D eigenvalue weighted by Crippen LogP contribution is -2.46. The van der Waals surface area contributed by atoms with Crippen LogP contribution in [0.2, 0.25) is 0 Å². The molecule has 0 amide bonds. The van der Waals surface area contributed by atoms with E-state index in [2.05, 4.69) is 51.2 Å². The maximum atomic E-state index is 5.46. The summed E-state index contributed by atoms with van der Waals surface area (Å²) in [5.74, 6) is 1.92. The summed E-state index contributed by atoms with van der Waals surface area (Å²) in [6.07, 6.45) is 5.73. The van der Waals surface area contributed by atoms with Crippen LogP contribution in [0.3, 0.4) is 0 Å². The molecule has 34 heavy (non-hydrogen) atoms. The summed E-state index contributed by atoms with van der Waals surface area (Å²) in [5, 5.41) is 3.67. The number of nitrogens with zero attached hydrogens (tertiary/aromatic N) is 5. The highest BCUT2D eigenvalue weighted by Gasteiger charge is 2.20. The topological polar surface area (TPSA) is 56.8 Å². The Balaban J connectivity index is 1.26. The second kappa shape index (κ2) is 11.5. The average molecular weight is 465 g/mol. The molecule has 0 unspecified atom stereocenters. The Morgan fingerprint density at radius 1 is 0.882 bits per heavy atom. The monoisotopic (exact) mass is 464 g/mol. The van der Waals surface area contributed by atoms with Crippen molar-refractivity contribution in [3.8, 4) is 11.4 Å². The van der Waals surface area contributed by atoms with Crippen LogP contribution in [0.4, 0.5) is 11.5 Å². The van der Waals surface area contributed by atoms with Crippen LogP contribution in [-0.2, 0) is 17.6 Å². The van der Waals surface area contributed by atoms with Gasteiger partial charge in [-0.3, -0.25) is 4.90 Å². The van der Waals surface area contributed by atoms with E-state index in [0.29, 0.717) is 0 Å². The van der Waals surface area contributed by atoms with Crippen LogP contribution in [0.15, 0.2) is 24.3 Å². The number of morpholine rings is 1. The third-order valence-electron chi connectivity index (χ3n) is 7.54. The van der Waals surface area contributed by atoms with E-state index >= 15 is 0 Å². The standard InChI is InChI=1S/C27H40N6O/c1-2-31-14-16-33(17-15-31)23-10-8-22(9-11-23)26-29-25-7-4-3-6-24(25)27(30-26)28-12-5-13-32-18-20-34-21-19-32/h8-11H,2-7,12-21H2,1H3,(H,28,29,30). The minimum absolute atomic E-state index is 0.860. The first-order valence-electron chi connectivity index (χ1n) is 13.3. The van der Waals surface area contributed by atoms with Crippen molar-refractivity contribution in [1.82, 2.24) is 19.8 Å². The Bertz CT molecular complexity index is 919. The fraction of sp³-hybridized carbons (Fsp3) is 0.630. The summed E-state index contributed by atoms with van der Waals surface area (Å²) in [7, 11) is 0. The van der Waals surface area contributed by atoms with Crippen molar-refractivity contribution in [3.63, 3.8) is 0 Å². The minimum Gasteiger partial charge on any atom is -0.379 e. The van der Waals surface area contributed by atoms with Gasteiger partial charge in [0.1, 0.15) is 5.82 Å². The molecular formula is C27H40N6O. The van der Waals surface area contributed by atoms with Gasteiger partial charge >= 0.3 is 0 Å². The van der Waals surface area contributed by atoms with Crippen molar-refractivity contribution < 1.29 is 4.74 Å². The molecule has 0 atom stereocenters. The molecule has 0 spiro atoms. The van der Waals surface area contributed by atoms with E-state index in [-0.39, 0.29) is 0 Å². The van der Waals surface area contributed by atoms with Gasteiger partial charge in [0, 0.05) is 68.3 Å². The fourth-order valence-corrected chi connectivity index (χ4v) is 5.35. The number of fused-ring (bicyclic) bond motifs is 1. The molecule has 5 rings (SSSR count). The number of aromatic nitrogens is 2. The number of hydrogen-bond donors (Lipinski definition) is 1. The van der Waals surface area contributed by atoms with Gasteiger partial charge in [-0.2, -0.15) is 0 Å². The molecule has 3 heterocycles. The van der Waals surface area contributed by atoms with Crippen LogP contribution in [0.1, 0.15) is 37.4 Å². The third kappa shape index (κ3) is 5.70. The lowest BCUT2D eigenvalue weighted by molar-refractivity contribution is 0.0378. The zero-order valence-electron chi connectivity index (χ0n) is 20.8. The molecule has 1 aromatic carbocycles. The Labute approximate surface area is 204 Å². The Morgan fingerprint density at radius 3 is 2.41 bits per heavy atom. The fourth-order valence-electron chi connectivity index (χ4n) is 5.35. The number of nitrogens with one attached hydrogen (secondary N) is 1. The predicted octanol–water partition coefficient (Wildman–Crippen LogP) is 3.30. The van der Waals surface area contributed by atoms with Crippen molar-refractivity contribution in [2.24, 2.45) is 0 Å². The molecule has 0 radical (unpaired) electrons. The molecule has 2 fully saturated rings. The summed E-state index contributed by atoms with van der Waals surface area (Å²) in [4.78, 5) is 17.5. The van der Waals surface area contributed by atoms with Gasteiger partial charge in [0.05, 0.1) is 13.2 Å². The molecule has 2 saturated heterocycles. The zero-order valence-corrected chi connectivity index (χ0v) is 20.8. The number of rotatable bonds is 8.